The molecule has 1 aromatic heterocycles. The van der Waals surface area contributed by atoms with Gasteiger partial charge in [0.15, 0.2) is 5.58 Å². The number of nitrogens with zero attached hydrogens (tertiary/aromatic N) is 2. The third-order valence-electron chi connectivity index (χ3n) is 5.00. The summed E-state index contributed by atoms with van der Waals surface area (Å²) < 4.78 is 5.93. The molecular formula is C25H18N2O2. The molecule has 0 aliphatic rings. The average molecular weight is 378 g/mol. The van der Waals surface area contributed by atoms with E-state index in [9.17, 15) is 5.11 Å². The Bertz CT molecular complexity index is 1380. The highest BCUT2D eigenvalue weighted by Gasteiger charge is 2.10. The summed E-state index contributed by atoms with van der Waals surface area (Å²) in [4.78, 5) is 9.23. The predicted octanol–water partition coefficient (Wildman–Crippen LogP) is 6.41. The van der Waals surface area contributed by atoms with Gasteiger partial charge in [0, 0.05) is 17.3 Å². The first-order valence-corrected chi connectivity index (χ1v) is 9.40. The van der Waals surface area contributed by atoms with Crippen LogP contribution in [-0.2, 0) is 0 Å². The molecule has 1 N–H and O–H groups in total. The van der Waals surface area contributed by atoms with Gasteiger partial charge in [-0.2, -0.15) is 0 Å². The van der Waals surface area contributed by atoms with Crippen molar-refractivity contribution in [1.29, 1.82) is 0 Å². The first-order valence-electron chi connectivity index (χ1n) is 9.40. The molecule has 5 rings (SSSR count). The van der Waals surface area contributed by atoms with E-state index in [1.54, 1.807) is 12.3 Å². The Morgan fingerprint density at radius 3 is 2.69 bits per heavy atom. The summed E-state index contributed by atoms with van der Waals surface area (Å²) in [7, 11) is 0. The molecule has 4 aromatic carbocycles. The van der Waals surface area contributed by atoms with Gasteiger partial charge in [-0.05, 0) is 53.6 Å². The van der Waals surface area contributed by atoms with Crippen molar-refractivity contribution in [2.45, 2.75) is 6.92 Å². The van der Waals surface area contributed by atoms with Crippen LogP contribution in [0.4, 0.5) is 5.69 Å². The minimum absolute atomic E-state index is 0.207. The second-order valence-corrected chi connectivity index (χ2v) is 6.97. The highest BCUT2D eigenvalue weighted by molar-refractivity contribution is 6.03. The fourth-order valence-electron chi connectivity index (χ4n) is 3.49. The number of aryl methyl sites for hydroxylation is 1. The Labute approximate surface area is 167 Å². The maximum atomic E-state index is 10.3. The number of aliphatic imine (C=N–C) groups is 1. The zero-order valence-corrected chi connectivity index (χ0v) is 15.8. The third kappa shape index (κ3) is 3.15. The Balaban J connectivity index is 1.54. The van der Waals surface area contributed by atoms with Crippen LogP contribution in [0.2, 0.25) is 0 Å². The minimum atomic E-state index is 0.207. The maximum absolute atomic E-state index is 10.3. The van der Waals surface area contributed by atoms with Crippen LogP contribution in [0.25, 0.3) is 33.3 Å². The van der Waals surface area contributed by atoms with E-state index in [1.807, 2.05) is 79.7 Å². The molecule has 0 aliphatic carbocycles. The molecule has 0 unspecified atom stereocenters. The van der Waals surface area contributed by atoms with Crippen molar-refractivity contribution in [3.05, 3.63) is 90.0 Å². The van der Waals surface area contributed by atoms with Crippen LogP contribution in [0.5, 0.6) is 5.75 Å². The lowest BCUT2D eigenvalue weighted by Gasteiger charge is -2.04. The smallest absolute Gasteiger partial charge is 0.227 e. The minimum Gasteiger partial charge on any atom is -0.507 e. The summed E-state index contributed by atoms with van der Waals surface area (Å²) in [5, 5.41) is 12.3. The van der Waals surface area contributed by atoms with Gasteiger partial charge in [0.2, 0.25) is 5.89 Å². The molecule has 0 aliphatic heterocycles. The van der Waals surface area contributed by atoms with Gasteiger partial charge in [-0.15, -0.1) is 0 Å². The van der Waals surface area contributed by atoms with Gasteiger partial charge in [-0.3, -0.25) is 4.99 Å². The van der Waals surface area contributed by atoms with Gasteiger partial charge in [0.05, 0.1) is 5.69 Å². The van der Waals surface area contributed by atoms with E-state index in [2.05, 4.69) is 9.98 Å². The summed E-state index contributed by atoms with van der Waals surface area (Å²) in [6.45, 7) is 2.02. The Hall–Kier alpha value is -3.92. The predicted molar refractivity (Wildman–Crippen MR) is 117 cm³/mol. The molecule has 140 valence electrons. The molecule has 5 aromatic rings. The number of phenolic OH excluding ortho intramolecular Hbond substituents is 1. The molecular weight excluding hydrogens is 360 g/mol. The zero-order valence-electron chi connectivity index (χ0n) is 15.8. The Morgan fingerprint density at radius 1 is 0.931 bits per heavy atom. The van der Waals surface area contributed by atoms with Crippen LogP contribution in [0.1, 0.15) is 11.1 Å². The van der Waals surface area contributed by atoms with Crippen molar-refractivity contribution in [3.8, 4) is 17.2 Å². The normalized spacial score (nSPS) is 11.6. The van der Waals surface area contributed by atoms with Crippen molar-refractivity contribution in [2.75, 3.05) is 0 Å². The van der Waals surface area contributed by atoms with Crippen molar-refractivity contribution in [3.63, 3.8) is 0 Å². The van der Waals surface area contributed by atoms with Crippen LogP contribution in [0.15, 0.2) is 88.3 Å². The number of rotatable bonds is 3. The topological polar surface area (TPSA) is 58.6 Å². The van der Waals surface area contributed by atoms with Gasteiger partial charge in [0.25, 0.3) is 0 Å². The molecule has 0 bridgehead atoms. The number of benzene rings is 4. The lowest BCUT2D eigenvalue weighted by atomic mass is 10.0. The van der Waals surface area contributed by atoms with Gasteiger partial charge >= 0.3 is 0 Å². The molecule has 4 nitrogen and oxygen atoms in total. The van der Waals surface area contributed by atoms with E-state index < -0.39 is 0 Å². The first kappa shape index (κ1) is 17.2. The number of hydrogen-bond donors (Lipinski definition) is 1. The first-order chi connectivity index (χ1) is 14.2. The molecule has 0 radical (unpaired) electrons. The fourth-order valence-corrected chi connectivity index (χ4v) is 3.49. The molecule has 0 fully saturated rings. The molecule has 1 heterocycles. The summed E-state index contributed by atoms with van der Waals surface area (Å²) in [5.74, 6) is 0.775. The highest BCUT2D eigenvalue weighted by atomic mass is 16.3. The standard InChI is InChI=1S/C25H18N2O2/c1-16-6-4-11-23-24(16)27-25(29-23)18-8-5-9-19(14-18)26-15-21-20-10-3-2-7-17(20)12-13-22(21)28/h2-15,28H,1H3. The average Bonchev–Trinajstić information content (AvgIpc) is 3.19. The number of oxazole rings is 1. The Morgan fingerprint density at radius 2 is 1.79 bits per heavy atom. The molecule has 29 heavy (non-hydrogen) atoms. The molecule has 4 heteroatoms. The third-order valence-corrected chi connectivity index (χ3v) is 5.00. The van der Waals surface area contributed by atoms with Crippen molar-refractivity contribution < 1.29 is 9.52 Å². The van der Waals surface area contributed by atoms with Gasteiger partial charge in [-0.1, -0.05) is 48.5 Å². The molecule has 0 saturated carbocycles. The van der Waals surface area contributed by atoms with Crippen LogP contribution < -0.4 is 0 Å². The van der Waals surface area contributed by atoms with Gasteiger partial charge in [-0.25, -0.2) is 4.98 Å². The monoisotopic (exact) mass is 378 g/mol. The Kier molecular flexibility index (Phi) is 4.10. The van der Waals surface area contributed by atoms with E-state index in [4.69, 9.17) is 4.42 Å². The number of hydrogen-bond acceptors (Lipinski definition) is 4. The lowest BCUT2D eigenvalue weighted by Crippen LogP contribution is -1.86. The zero-order chi connectivity index (χ0) is 19.8. The van der Waals surface area contributed by atoms with Gasteiger partial charge in [0.1, 0.15) is 11.3 Å². The van der Waals surface area contributed by atoms with Crippen molar-refractivity contribution >= 4 is 33.8 Å². The second-order valence-electron chi connectivity index (χ2n) is 6.97. The molecule has 0 saturated heterocycles. The second kappa shape index (κ2) is 6.91. The van der Waals surface area contributed by atoms with Crippen LogP contribution >= 0.6 is 0 Å². The summed E-state index contributed by atoms with van der Waals surface area (Å²) in [6.07, 6.45) is 1.70. The van der Waals surface area contributed by atoms with Gasteiger partial charge < -0.3 is 9.52 Å². The van der Waals surface area contributed by atoms with Crippen LogP contribution in [0, 0.1) is 6.92 Å². The van der Waals surface area contributed by atoms with Crippen molar-refractivity contribution in [2.24, 2.45) is 4.99 Å². The number of phenols is 1. The van der Waals surface area contributed by atoms with E-state index in [0.717, 1.165) is 38.7 Å². The van der Waals surface area contributed by atoms with E-state index in [-0.39, 0.29) is 5.75 Å². The lowest BCUT2D eigenvalue weighted by molar-refractivity contribution is 0.475. The van der Waals surface area contributed by atoms with E-state index in [0.29, 0.717) is 11.5 Å². The maximum Gasteiger partial charge on any atom is 0.227 e. The number of para-hydroxylation sites is 1. The number of fused-ring (bicyclic) bond motifs is 2. The van der Waals surface area contributed by atoms with E-state index >= 15 is 0 Å². The largest absolute Gasteiger partial charge is 0.507 e. The summed E-state index contributed by atoms with van der Waals surface area (Å²) in [5.41, 5.74) is 5.04. The molecule has 0 spiro atoms. The van der Waals surface area contributed by atoms with Crippen LogP contribution in [-0.4, -0.2) is 16.3 Å². The molecule has 0 atom stereocenters. The van der Waals surface area contributed by atoms with Crippen molar-refractivity contribution in [1.82, 2.24) is 4.98 Å². The summed E-state index contributed by atoms with van der Waals surface area (Å²) >= 11 is 0. The number of aromatic hydroxyl groups is 1. The molecule has 0 amide bonds. The quantitative estimate of drug-likeness (QED) is 0.369. The van der Waals surface area contributed by atoms with E-state index in [1.165, 1.54) is 0 Å². The van der Waals surface area contributed by atoms with Crippen LogP contribution in [0.3, 0.4) is 0 Å². The fraction of sp³-hybridized carbons (Fsp3) is 0.0400. The SMILES string of the molecule is Cc1cccc2oc(-c3cccc(N=Cc4c(O)ccc5ccccc45)c3)nc12. The number of aromatic nitrogens is 1. The summed E-state index contributed by atoms with van der Waals surface area (Å²) in [6, 6.07) is 25.1. The highest BCUT2D eigenvalue weighted by Crippen LogP contribution is 2.29.